The van der Waals surface area contributed by atoms with Crippen molar-refractivity contribution >= 4 is 17.6 Å². The molecule has 1 amide bonds. The van der Waals surface area contributed by atoms with Crippen LogP contribution in [0, 0.1) is 0 Å². The van der Waals surface area contributed by atoms with Gasteiger partial charge in [-0.25, -0.2) is 4.79 Å². The second kappa shape index (κ2) is 8.64. The van der Waals surface area contributed by atoms with Crippen LogP contribution in [0.4, 0.5) is 18.9 Å². The van der Waals surface area contributed by atoms with Crippen LogP contribution in [0.2, 0.25) is 0 Å². The Kier molecular flexibility index (Phi) is 6.50. The number of carbonyl (C=O) groups is 2. The van der Waals surface area contributed by atoms with Crippen molar-refractivity contribution in [1.82, 2.24) is 5.32 Å². The second-order valence-corrected chi connectivity index (χ2v) is 5.61. The van der Waals surface area contributed by atoms with Gasteiger partial charge in [-0.05, 0) is 31.2 Å². The summed E-state index contributed by atoms with van der Waals surface area (Å²) in [6.45, 7) is 1.05. The van der Waals surface area contributed by atoms with Gasteiger partial charge in [0.25, 0.3) is 5.91 Å². The van der Waals surface area contributed by atoms with Crippen LogP contribution in [0.1, 0.15) is 17.3 Å². The van der Waals surface area contributed by atoms with Crippen molar-refractivity contribution in [3.63, 3.8) is 0 Å². The van der Waals surface area contributed by atoms with Crippen LogP contribution in [-0.4, -0.2) is 37.4 Å². The van der Waals surface area contributed by atoms with Crippen LogP contribution in [0.5, 0.6) is 5.75 Å². The molecular formula is C19H19F3N2O4. The number of esters is 1. The van der Waals surface area contributed by atoms with E-state index in [-0.39, 0.29) is 23.6 Å². The van der Waals surface area contributed by atoms with Gasteiger partial charge < -0.3 is 20.1 Å². The third kappa shape index (κ3) is 4.36. The highest BCUT2D eigenvalue weighted by atomic mass is 19.4. The van der Waals surface area contributed by atoms with E-state index in [4.69, 9.17) is 4.74 Å². The molecule has 0 bridgehead atoms. The van der Waals surface area contributed by atoms with Crippen molar-refractivity contribution in [2.45, 2.75) is 18.8 Å². The minimum absolute atomic E-state index is 0.0504. The molecule has 0 aliphatic heterocycles. The predicted molar refractivity (Wildman–Crippen MR) is 95.9 cm³/mol. The number of para-hydroxylation sites is 2. The van der Waals surface area contributed by atoms with E-state index >= 15 is 0 Å². The van der Waals surface area contributed by atoms with E-state index in [9.17, 15) is 22.8 Å². The zero-order chi connectivity index (χ0) is 20.8. The van der Waals surface area contributed by atoms with E-state index in [1.807, 2.05) is 0 Å². The number of anilines is 1. The molecule has 0 saturated carbocycles. The maximum Gasteiger partial charge on any atom is 0.441 e. The SMILES string of the molecule is CCOC(=O)[C@@](NC(=O)c1ccccc1)(Nc1ccccc1OC)C(F)(F)F. The fourth-order valence-corrected chi connectivity index (χ4v) is 2.41. The molecule has 0 aliphatic carbocycles. The van der Waals surface area contributed by atoms with Crippen LogP contribution < -0.4 is 15.4 Å². The van der Waals surface area contributed by atoms with Gasteiger partial charge in [-0.15, -0.1) is 0 Å². The van der Waals surface area contributed by atoms with Crippen LogP contribution in [0.3, 0.4) is 0 Å². The number of rotatable bonds is 7. The molecular weight excluding hydrogens is 377 g/mol. The maximum absolute atomic E-state index is 14.1. The topological polar surface area (TPSA) is 76.7 Å². The smallest absolute Gasteiger partial charge is 0.441 e. The van der Waals surface area contributed by atoms with Crippen molar-refractivity contribution in [3.8, 4) is 5.75 Å². The van der Waals surface area contributed by atoms with Crippen LogP contribution >= 0.6 is 0 Å². The lowest BCUT2D eigenvalue weighted by Crippen LogP contribution is -2.69. The summed E-state index contributed by atoms with van der Waals surface area (Å²) in [6.07, 6.45) is -5.23. The molecule has 0 radical (unpaired) electrons. The van der Waals surface area contributed by atoms with Gasteiger partial charge in [0, 0.05) is 5.56 Å². The molecule has 150 valence electrons. The first-order chi connectivity index (χ1) is 13.2. The Hall–Kier alpha value is -3.23. The summed E-state index contributed by atoms with van der Waals surface area (Å²) in [5, 5.41) is 3.85. The molecule has 0 spiro atoms. The molecule has 6 nitrogen and oxygen atoms in total. The van der Waals surface area contributed by atoms with E-state index in [2.05, 4.69) is 10.1 Å². The summed E-state index contributed by atoms with van der Waals surface area (Å²) in [5.74, 6) is -2.75. The van der Waals surface area contributed by atoms with Crippen molar-refractivity contribution < 1.29 is 32.2 Å². The molecule has 2 rings (SSSR count). The first-order valence-electron chi connectivity index (χ1n) is 8.28. The maximum atomic E-state index is 14.1. The molecule has 28 heavy (non-hydrogen) atoms. The molecule has 1 atom stereocenters. The van der Waals surface area contributed by atoms with Crippen LogP contribution in [0.15, 0.2) is 54.6 Å². The summed E-state index contributed by atoms with van der Waals surface area (Å²) in [7, 11) is 1.27. The summed E-state index contributed by atoms with van der Waals surface area (Å²) in [4.78, 5) is 24.9. The largest absolute Gasteiger partial charge is 0.495 e. The molecule has 0 heterocycles. The molecule has 9 heteroatoms. The number of benzene rings is 2. The Morgan fingerprint density at radius 2 is 1.61 bits per heavy atom. The second-order valence-electron chi connectivity index (χ2n) is 5.61. The number of alkyl halides is 3. The average Bonchev–Trinajstić information content (AvgIpc) is 2.67. The Morgan fingerprint density at radius 3 is 2.18 bits per heavy atom. The number of carbonyl (C=O) groups excluding carboxylic acids is 2. The lowest BCUT2D eigenvalue weighted by Gasteiger charge is -2.35. The van der Waals surface area contributed by atoms with Gasteiger partial charge in [-0.1, -0.05) is 30.3 Å². The van der Waals surface area contributed by atoms with Crippen molar-refractivity contribution in [2.24, 2.45) is 0 Å². The highest BCUT2D eigenvalue weighted by Gasteiger charge is 2.64. The van der Waals surface area contributed by atoms with Gasteiger partial charge in [-0.2, -0.15) is 13.2 Å². The van der Waals surface area contributed by atoms with Gasteiger partial charge in [0.1, 0.15) is 5.75 Å². The lowest BCUT2D eigenvalue weighted by atomic mass is 10.1. The third-order valence-electron chi connectivity index (χ3n) is 3.77. The number of hydrogen-bond acceptors (Lipinski definition) is 5. The molecule has 2 aromatic rings. The number of methoxy groups -OCH3 is 1. The number of halogens is 3. The molecule has 0 unspecified atom stereocenters. The Bertz CT molecular complexity index is 827. The molecule has 2 aromatic carbocycles. The Morgan fingerprint density at radius 1 is 1.00 bits per heavy atom. The van der Waals surface area contributed by atoms with Crippen molar-refractivity contribution in [3.05, 3.63) is 60.2 Å². The molecule has 0 saturated heterocycles. The summed E-state index contributed by atoms with van der Waals surface area (Å²) in [5.41, 5.74) is -3.73. The molecule has 0 fully saturated rings. The van der Waals surface area contributed by atoms with Gasteiger partial charge >= 0.3 is 17.8 Å². The summed E-state index contributed by atoms with van der Waals surface area (Å²) < 4.78 is 52.1. The summed E-state index contributed by atoms with van der Waals surface area (Å²) in [6, 6.07) is 12.9. The summed E-state index contributed by atoms with van der Waals surface area (Å²) >= 11 is 0. The van der Waals surface area contributed by atoms with Gasteiger partial charge in [0.05, 0.1) is 19.4 Å². The molecule has 2 N–H and O–H groups in total. The number of amides is 1. The average molecular weight is 396 g/mol. The zero-order valence-corrected chi connectivity index (χ0v) is 15.2. The first-order valence-corrected chi connectivity index (χ1v) is 8.28. The van der Waals surface area contributed by atoms with Gasteiger partial charge in [-0.3, -0.25) is 4.79 Å². The Labute approximate surface area is 159 Å². The Balaban J connectivity index is 2.54. The van der Waals surface area contributed by atoms with E-state index < -0.39 is 23.7 Å². The fourth-order valence-electron chi connectivity index (χ4n) is 2.41. The highest BCUT2D eigenvalue weighted by Crippen LogP contribution is 2.36. The number of ether oxygens (including phenoxy) is 2. The van der Waals surface area contributed by atoms with E-state index in [0.717, 1.165) is 0 Å². The highest BCUT2D eigenvalue weighted by molar-refractivity contribution is 5.99. The van der Waals surface area contributed by atoms with E-state index in [1.54, 1.807) is 17.4 Å². The quantitative estimate of drug-likeness (QED) is 0.555. The number of nitrogens with one attached hydrogen (secondary N) is 2. The normalized spacial score (nSPS) is 13.2. The van der Waals surface area contributed by atoms with Crippen molar-refractivity contribution in [1.29, 1.82) is 0 Å². The standard InChI is InChI=1S/C19H19F3N2O4/c1-3-28-17(26)18(19(20,21)22,23-14-11-7-8-12-15(14)27-2)24-16(25)13-9-5-4-6-10-13/h4-12,23H,3H2,1-2H3,(H,24,25)/t18-/m0/s1. The number of hydrogen-bond donors (Lipinski definition) is 2. The van der Waals surface area contributed by atoms with Crippen LogP contribution in [0.25, 0.3) is 0 Å². The third-order valence-corrected chi connectivity index (χ3v) is 3.77. The first kappa shape index (κ1) is 21.1. The van der Waals surface area contributed by atoms with E-state index in [1.165, 1.54) is 56.5 Å². The monoisotopic (exact) mass is 396 g/mol. The van der Waals surface area contributed by atoms with Crippen molar-refractivity contribution in [2.75, 3.05) is 19.0 Å². The van der Waals surface area contributed by atoms with Gasteiger partial charge in [0.2, 0.25) is 0 Å². The molecule has 0 aliphatic rings. The fraction of sp³-hybridized carbons (Fsp3) is 0.263. The van der Waals surface area contributed by atoms with Crippen LogP contribution in [-0.2, 0) is 9.53 Å². The zero-order valence-electron chi connectivity index (χ0n) is 15.2. The predicted octanol–water partition coefficient (Wildman–Crippen LogP) is 3.36. The van der Waals surface area contributed by atoms with E-state index in [0.29, 0.717) is 0 Å². The van der Waals surface area contributed by atoms with Gasteiger partial charge in [0.15, 0.2) is 0 Å². The minimum Gasteiger partial charge on any atom is -0.495 e. The molecule has 0 aromatic heterocycles. The minimum atomic E-state index is -5.23. The lowest BCUT2D eigenvalue weighted by molar-refractivity contribution is -0.204.